The summed E-state index contributed by atoms with van der Waals surface area (Å²) in [6.45, 7) is 6.34. The maximum absolute atomic E-state index is 6.45. The summed E-state index contributed by atoms with van der Waals surface area (Å²) >= 11 is 1.77. The zero-order valence-corrected chi connectivity index (χ0v) is 10.5. The van der Waals surface area contributed by atoms with Gasteiger partial charge >= 0.3 is 0 Å². The molecule has 0 saturated carbocycles. The molecule has 1 saturated heterocycles. The van der Waals surface area contributed by atoms with Crippen molar-refractivity contribution in [3.05, 3.63) is 15.6 Å². The van der Waals surface area contributed by atoms with E-state index in [1.165, 1.54) is 4.88 Å². The molecule has 15 heavy (non-hydrogen) atoms. The first-order valence-electron chi connectivity index (χ1n) is 5.43. The molecule has 1 aliphatic heterocycles. The molecule has 0 unspecified atom stereocenters. The Morgan fingerprint density at radius 2 is 1.93 bits per heavy atom. The summed E-state index contributed by atoms with van der Waals surface area (Å²) < 4.78 is 0. The van der Waals surface area contributed by atoms with Crippen LogP contribution in [-0.2, 0) is 5.54 Å². The molecule has 0 spiro atoms. The van der Waals surface area contributed by atoms with Gasteiger partial charge in [-0.2, -0.15) is 0 Å². The second-order valence-electron chi connectivity index (χ2n) is 4.62. The molecule has 0 radical (unpaired) electrons. The highest BCUT2D eigenvalue weighted by atomic mass is 32.1. The molecule has 84 valence electrons. The van der Waals surface area contributed by atoms with E-state index in [0.29, 0.717) is 0 Å². The minimum Gasteiger partial charge on any atom is -0.319 e. The van der Waals surface area contributed by atoms with Gasteiger partial charge in [0.1, 0.15) is 5.01 Å². The highest BCUT2D eigenvalue weighted by molar-refractivity contribution is 7.11. The van der Waals surface area contributed by atoms with Crippen molar-refractivity contribution in [1.29, 1.82) is 0 Å². The minimum absolute atomic E-state index is 0.170. The van der Waals surface area contributed by atoms with Crippen molar-refractivity contribution in [3.8, 4) is 0 Å². The molecule has 1 aliphatic rings. The Hall–Kier alpha value is -0.450. The molecule has 2 rings (SSSR count). The van der Waals surface area contributed by atoms with E-state index in [4.69, 9.17) is 5.73 Å². The van der Waals surface area contributed by atoms with Crippen molar-refractivity contribution in [3.63, 3.8) is 0 Å². The van der Waals surface area contributed by atoms with Crippen LogP contribution < -0.4 is 5.73 Å². The van der Waals surface area contributed by atoms with Crippen LogP contribution in [0.3, 0.4) is 0 Å². The molecular formula is C11H19N3S. The first-order valence-corrected chi connectivity index (χ1v) is 6.25. The summed E-state index contributed by atoms with van der Waals surface area (Å²) in [6, 6.07) is 0. The van der Waals surface area contributed by atoms with Crippen molar-refractivity contribution in [2.24, 2.45) is 5.73 Å². The number of rotatable bonds is 1. The maximum Gasteiger partial charge on any atom is 0.113 e. The lowest BCUT2D eigenvalue weighted by atomic mass is 9.89. The minimum atomic E-state index is -0.170. The van der Waals surface area contributed by atoms with Gasteiger partial charge in [-0.1, -0.05) is 0 Å². The summed E-state index contributed by atoms with van der Waals surface area (Å²) in [5, 5.41) is 1.13. The number of aryl methyl sites for hydroxylation is 2. The third-order valence-electron chi connectivity index (χ3n) is 3.33. The number of aromatic nitrogens is 1. The summed E-state index contributed by atoms with van der Waals surface area (Å²) in [5.41, 5.74) is 7.41. The Morgan fingerprint density at radius 3 is 2.40 bits per heavy atom. The van der Waals surface area contributed by atoms with Crippen molar-refractivity contribution >= 4 is 11.3 Å². The molecule has 2 heterocycles. The lowest BCUT2D eigenvalue weighted by Crippen LogP contribution is -2.46. The molecule has 1 aromatic rings. The Bertz CT molecular complexity index is 331. The van der Waals surface area contributed by atoms with Crippen molar-refractivity contribution < 1.29 is 0 Å². The van der Waals surface area contributed by atoms with Crippen LogP contribution in [0.15, 0.2) is 0 Å². The van der Waals surface area contributed by atoms with Gasteiger partial charge in [-0.3, -0.25) is 0 Å². The first-order chi connectivity index (χ1) is 7.01. The molecule has 1 fully saturated rings. The van der Waals surface area contributed by atoms with E-state index in [0.717, 1.165) is 36.6 Å². The second kappa shape index (κ2) is 3.85. The number of hydrogen-bond donors (Lipinski definition) is 1. The number of piperidine rings is 1. The Balaban J connectivity index is 2.22. The van der Waals surface area contributed by atoms with Gasteiger partial charge in [0.25, 0.3) is 0 Å². The fourth-order valence-electron chi connectivity index (χ4n) is 1.92. The van der Waals surface area contributed by atoms with Gasteiger partial charge in [0.2, 0.25) is 0 Å². The van der Waals surface area contributed by atoms with E-state index in [1.807, 2.05) is 0 Å². The quantitative estimate of drug-likeness (QED) is 0.790. The van der Waals surface area contributed by atoms with Crippen LogP contribution in [0.5, 0.6) is 0 Å². The van der Waals surface area contributed by atoms with Gasteiger partial charge in [-0.25, -0.2) is 4.98 Å². The zero-order chi connectivity index (χ0) is 11.1. The van der Waals surface area contributed by atoms with Crippen LogP contribution in [0.2, 0.25) is 0 Å². The van der Waals surface area contributed by atoms with E-state index in [1.54, 1.807) is 11.3 Å². The van der Waals surface area contributed by atoms with Crippen LogP contribution in [0, 0.1) is 13.8 Å². The molecule has 2 N–H and O–H groups in total. The molecule has 0 amide bonds. The molecule has 0 aromatic carbocycles. The van der Waals surface area contributed by atoms with E-state index in [-0.39, 0.29) is 5.54 Å². The Labute approximate surface area is 95.3 Å². The smallest absolute Gasteiger partial charge is 0.113 e. The molecule has 0 aliphatic carbocycles. The van der Waals surface area contributed by atoms with Gasteiger partial charge in [0, 0.05) is 4.88 Å². The van der Waals surface area contributed by atoms with E-state index in [2.05, 4.69) is 30.8 Å². The van der Waals surface area contributed by atoms with Gasteiger partial charge in [0.15, 0.2) is 0 Å². The number of nitrogens with two attached hydrogens (primary N) is 1. The van der Waals surface area contributed by atoms with Gasteiger partial charge < -0.3 is 10.6 Å². The summed E-state index contributed by atoms with van der Waals surface area (Å²) in [6.07, 6.45) is 2.05. The van der Waals surface area contributed by atoms with Crippen molar-refractivity contribution in [2.45, 2.75) is 32.2 Å². The van der Waals surface area contributed by atoms with Crippen LogP contribution in [0.1, 0.15) is 28.4 Å². The molecular weight excluding hydrogens is 206 g/mol. The fourth-order valence-corrected chi connectivity index (χ4v) is 2.99. The predicted molar refractivity (Wildman–Crippen MR) is 64.2 cm³/mol. The predicted octanol–water partition coefficient (Wildman–Crippen LogP) is 1.64. The zero-order valence-electron chi connectivity index (χ0n) is 9.71. The van der Waals surface area contributed by atoms with Crippen LogP contribution in [0.25, 0.3) is 0 Å². The van der Waals surface area contributed by atoms with E-state index < -0.39 is 0 Å². The highest BCUT2D eigenvalue weighted by Crippen LogP contribution is 2.33. The number of hydrogen-bond acceptors (Lipinski definition) is 4. The second-order valence-corrected chi connectivity index (χ2v) is 5.82. The molecule has 1 aromatic heterocycles. The average molecular weight is 225 g/mol. The van der Waals surface area contributed by atoms with Crippen LogP contribution in [0.4, 0.5) is 0 Å². The molecule has 0 bridgehead atoms. The largest absolute Gasteiger partial charge is 0.319 e. The molecule has 4 heteroatoms. The number of nitrogens with zero attached hydrogens (tertiary/aromatic N) is 2. The highest BCUT2D eigenvalue weighted by Gasteiger charge is 2.34. The fraction of sp³-hybridized carbons (Fsp3) is 0.727. The van der Waals surface area contributed by atoms with E-state index in [9.17, 15) is 0 Å². The third-order valence-corrected chi connectivity index (χ3v) is 4.63. The van der Waals surface area contributed by atoms with Gasteiger partial charge in [-0.05, 0) is 46.8 Å². The topological polar surface area (TPSA) is 42.1 Å². The standard InChI is InChI=1S/C11H19N3S/c1-8-9(2)15-10(13-8)11(12)4-6-14(3)7-5-11/h4-7,12H2,1-3H3. The lowest BCUT2D eigenvalue weighted by Gasteiger charge is -2.36. The Kier molecular flexibility index (Phi) is 2.83. The van der Waals surface area contributed by atoms with Crippen LogP contribution in [-0.4, -0.2) is 30.0 Å². The van der Waals surface area contributed by atoms with Gasteiger partial charge in [-0.15, -0.1) is 11.3 Å². The number of likely N-dealkylation sites (tertiary alicyclic amines) is 1. The summed E-state index contributed by atoms with van der Waals surface area (Å²) in [7, 11) is 2.15. The SMILES string of the molecule is Cc1nc(C2(N)CCN(C)CC2)sc1C. The van der Waals surface area contributed by atoms with Crippen molar-refractivity contribution in [1.82, 2.24) is 9.88 Å². The third kappa shape index (κ3) is 2.07. The first kappa shape index (κ1) is 11.0. The number of thiazole rings is 1. The maximum atomic E-state index is 6.45. The average Bonchev–Trinajstić information content (AvgIpc) is 2.53. The monoisotopic (exact) mass is 225 g/mol. The normalized spacial score (nSPS) is 21.9. The van der Waals surface area contributed by atoms with E-state index >= 15 is 0 Å². The van der Waals surface area contributed by atoms with Gasteiger partial charge in [0.05, 0.1) is 11.2 Å². The van der Waals surface area contributed by atoms with Crippen molar-refractivity contribution in [2.75, 3.05) is 20.1 Å². The lowest BCUT2D eigenvalue weighted by molar-refractivity contribution is 0.191. The molecule has 0 atom stereocenters. The summed E-state index contributed by atoms with van der Waals surface area (Å²) in [5.74, 6) is 0. The van der Waals surface area contributed by atoms with Crippen LogP contribution >= 0.6 is 11.3 Å². The molecule has 3 nitrogen and oxygen atoms in total. The summed E-state index contributed by atoms with van der Waals surface area (Å²) in [4.78, 5) is 8.24. The Morgan fingerprint density at radius 1 is 1.33 bits per heavy atom.